The molecule has 3 aromatic rings. The molecule has 1 N–H and O–H groups in total. The molecule has 1 unspecified atom stereocenters. The fourth-order valence-corrected chi connectivity index (χ4v) is 5.47. The number of carbonyl (C=O) groups excluding carboxylic acids is 2. The first-order valence-corrected chi connectivity index (χ1v) is 14.0. The third-order valence-electron chi connectivity index (χ3n) is 6.04. The molecule has 8 nitrogen and oxygen atoms in total. The minimum Gasteiger partial charge on any atom is -0.357 e. The van der Waals surface area contributed by atoms with Crippen LogP contribution >= 0.6 is 23.2 Å². The molecular weight excluding hydrogens is 566 g/mol. The van der Waals surface area contributed by atoms with Crippen LogP contribution < -0.4 is 9.62 Å². The summed E-state index contributed by atoms with van der Waals surface area (Å²) in [7, 11) is -0.0983. The van der Waals surface area contributed by atoms with Crippen LogP contribution in [0.2, 0.25) is 10.0 Å². The molecule has 39 heavy (non-hydrogen) atoms. The van der Waals surface area contributed by atoms with Gasteiger partial charge in [-0.3, -0.25) is 9.59 Å². The van der Waals surface area contributed by atoms with Crippen LogP contribution in [0.1, 0.15) is 11.1 Å². The first-order chi connectivity index (χ1) is 18.4. The van der Waals surface area contributed by atoms with Gasteiger partial charge in [0.1, 0.15) is 18.4 Å². The Kier molecular flexibility index (Phi) is 10.3. The molecular formula is C27H29Cl2FN4O4S. The van der Waals surface area contributed by atoms with Crippen molar-refractivity contribution in [2.75, 3.05) is 32.0 Å². The lowest BCUT2D eigenvalue weighted by Crippen LogP contribution is -2.54. The minimum absolute atomic E-state index is 0.0775. The lowest BCUT2D eigenvalue weighted by molar-refractivity contribution is -0.139. The lowest BCUT2D eigenvalue weighted by Gasteiger charge is -2.34. The van der Waals surface area contributed by atoms with E-state index in [0.717, 1.165) is 26.3 Å². The van der Waals surface area contributed by atoms with Crippen LogP contribution in [0.3, 0.4) is 0 Å². The van der Waals surface area contributed by atoms with Gasteiger partial charge >= 0.3 is 10.2 Å². The molecule has 12 heteroatoms. The highest BCUT2D eigenvalue weighted by Crippen LogP contribution is 2.28. The fraction of sp³-hybridized carbons (Fsp3) is 0.259. The highest BCUT2D eigenvalue weighted by atomic mass is 35.5. The van der Waals surface area contributed by atoms with Crippen LogP contribution in [0, 0.1) is 5.82 Å². The maximum atomic E-state index is 14.0. The summed E-state index contributed by atoms with van der Waals surface area (Å²) >= 11 is 12.8. The summed E-state index contributed by atoms with van der Waals surface area (Å²) in [6.07, 6.45) is 0.144. The van der Waals surface area contributed by atoms with Gasteiger partial charge < -0.3 is 10.2 Å². The molecule has 0 saturated carbocycles. The smallest absolute Gasteiger partial charge is 0.304 e. The third-order valence-corrected chi connectivity index (χ3v) is 8.57. The molecule has 0 spiro atoms. The predicted molar refractivity (Wildman–Crippen MR) is 151 cm³/mol. The second-order valence-electron chi connectivity index (χ2n) is 8.81. The van der Waals surface area contributed by atoms with E-state index < -0.39 is 40.4 Å². The van der Waals surface area contributed by atoms with E-state index in [0.29, 0.717) is 5.56 Å². The molecule has 0 aliphatic heterocycles. The Hall–Kier alpha value is -3.18. The summed E-state index contributed by atoms with van der Waals surface area (Å²) in [4.78, 5) is 28.4. The Balaban J connectivity index is 2.10. The van der Waals surface area contributed by atoms with Crippen molar-refractivity contribution in [3.05, 3.63) is 99.8 Å². The van der Waals surface area contributed by atoms with Crippen LogP contribution in [-0.2, 0) is 32.8 Å². The van der Waals surface area contributed by atoms with Crippen LogP contribution in [0.4, 0.5) is 10.1 Å². The monoisotopic (exact) mass is 594 g/mol. The molecule has 0 saturated heterocycles. The molecule has 0 heterocycles. The van der Waals surface area contributed by atoms with Crippen LogP contribution in [0.25, 0.3) is 0 Å². The van der Waals surface area contributed by atoms with E-state index in [1.807, 2.05) is 30.3 Å². The largest absolute Gasteiger partial charge is 0.357 e. The van der Waals surface area contributed by atoms with Gasteiger partial charge in [0.2, 0.25) is 11.8 Å². The van der Waals surface area contributed by atoms with Crippen molar-refractivity contribution in [1.82, 2.24) is 14.5 Å². The van der Waals surface area contributed by atoms with Gasteiger partial charge in [0.15, 0.2) is 0 Å². The van der Waals surface area contributed by atoms with Gasteiger partial charge in [0.05, 0.1) is 5.69 Å². The number of rotatable bonds is 11. The topological polar surface area (TPSA) is 90.0 Å². The summed E-state index contributed by atoms with van der Waals surface area (Å²) in [6, 6.07) is 17.7. The number of carbonyl (C=O) groups is 2. The van der Waals surface area contributed by atoms with Crippen molar-refractivity contribution in [2.45, 2.75) is 19.0 Å². The molecule has 0 aromatic heterocycles. The standard InChI is InChI=1S/C27H29Cl2FN4O4S/c1-31-27(36)25(16-19-8-5-4-6-9-19)33(17-22-23(28)10-7-11-24(22)29)26(35)18-34(39(37,38)32(2)3)21-14-12-20(30)13-15-21/h4-15,25H,16-18H2,1-3H3,(H,31,36). The first kappa shape index (κ1) is 30.4. The van der Waals surface area contributed by atoms with E-state index in [-0.39, 0.29) is 28.7 Å². The van der Waals surface area contributed by atoms with Crippen molar-refractivity contribution in [3.63, 3.8) is 0 Å². The number of nitrogens with one attached hydrogen (secondary N) is 1. The van der Waals surface area contributed by atoms with Crippen molar-refractivity contribution < 1.29 is 22.4 Å². The number of anilines is 1. The number of amides is 2. The zero-order valence-electron chi connectivity index (χ0n) is 21.6. The number of nitrogens with zero attached hydrogens (tertiary/aromatic N) is 3. The normalized spacial score (nSPS) is 12.2. The Labute approximate surface area is 238 Å². The molecule has 3 aromatic carbocycles. The highest BCUT2D eigenvalue weighted by Gasteiger charge is 2.35. The van der Waals surface area contributed by atoms with E-state index in [4.69, 9.17) is 23.2 Å². The summed E-state index contributed by atoms with van der Waals surface area (Å²) in [6.45, 7) is -0.835. The number of benzene rings is 3. The van der Waals surface area contributed by atoms with Gasteiger partial charge in [-0.2, -0.15) is 12.7 Å². The zero-order valence-corrected chi connectivity index (χ0v) is 24.0. The maximum absolute atomic E-state index is 14.0. The molecule has 0 bridgehead atoms. The summed E-state index contributed by atoms with van der Waals surface area (Å²) in [5.74, 6) is -1.71. The van der Waals surface area contributed by atoms with E-state index in [1.165, 1.54) is 38.2 Å². The summed E-state index contributed by atoms with van der Waals surface area (Å²) < 4.78 is 42.0. The second kappa shape index (κ2) is 13.3. The predicted octanol–water partition coefficient (Wildman–Crippen LogP) is 4.13. The summed E-state index contributed by atoms with van der Waals surface area (Å²) in [5.41, 5.74) is 1.26. The number of hydrogen-bond donors (Lipinski definition) is 1. The molecule has 0 aliphatic rings. The number of likely N-dealkylation sites (N-methyl/N-ethyl adjacent to an activating group) is 1. The molecule has 0 radical (unpaired) electrons. The van der Waals surface area contributed by atoms with Gasteiger partial charge in [-0.05, 0) is 42.0 Å². The molecule has 2 amide bonds. The van der Waals surface area contributed by atoms with Crippen molar-refractivity contribution in [3.8, 4) is 0 Å². The van der Waals surface area contributed by atoms with Gasteiger partial charge in [-0.15, -0.1) is 0 Å². The van der Waals surface area contributed by atoms with Gasteiger partial charge in [-0.25, -0.2) is 8.70 Å². The van der Waals surface area contributed by atoms with E-state index in [1.54, 1.807) is 18.2 Å². The van der Waals surface area contributed by atoms with Crippen molar-refractivity contribution >= 4 is 50.9 Å². The van der Waals surface area contributed by atoms with Crippen molar-refractivity contribution in [2.24, 2.45) is 0 Å². The van der Waals surface area contributed by atoms with Crippen LogP contribution in [0.15, 0.2) is 72.8 Å². The molecule has 3 rings (SSSR count). The van der Waals surface area contributed by atoms with Gasteiger partial charge in [0.25, 0.3) is 0 Å². The van der Waals surface area contributed by atoms with Crippen LogP contribution in [0.5, 0.6) is 0 Å². The van der Waals surface area contributed by atoms with E-state index in [9.17, 15) is 22.4 Å². The second-order valence-corrected chi connectivity index (χ2v) is 11.7. The van der Waals surface area contributed by atoms with Crippen molar-refractivity contribution in [1.29, 1.82) is 0 Å². The van der Waals surface area contributed by atoms with Gasteiger partial charge in [-0.1, -0.05) is 59.6 Å². The van der Waals surface area contributed by atoms with Gasteiger partial charge in [0, 0.05) is 49.7 Å². The quantitative estimate of drug-likeness (QED) is 0.361. The molecule has 0 aliphatic carbocycles. The third kappa shape index (κ3) is 7.48. The average Bonchev–Trinajstić information content (AvgIpc) is 2.91. The SMILES string of the molecule is CNC(=O)C(Cc1ccccc1)N(Cc1c(Cl)cccc1Cl)C(=O)CN(c1ccc(F)cc1)S(=O)(=O)N(C)C. The number of halogens is 3. The highest BCUT2D eigenvalue weighted by molar-refractivity contribution is 7.90. The molecule has 208 valence electrons. The lowest BCUT2D eigenvalue weighted by atomic mass is 10.0. The molecule has 1 atom stereocenters. The number of hydrogen-bond acceptors (Lipinski definition) is 4. The average molecular weight is 596 g/mol. The Morgan fingerprint density at radius 1 is 0.923 bits per heavy atom. The van der Waals surface area contributed by atoms with E-state index >= 15 is 0 Å². The first-order valence-electron chi connectivity index (χ1n) is 11.9. The molecule has 0 fully saturated rings. The maximum Gasteiger partial charge on any atom is 0.304 e. The fourth-order valence-electron chi connectivity index (χ4n) is 3.90. The summed E-state index contributed by atoms with van der Waals surface area (Å²) in [5, 5.41) is 3.16. The Bertz CT molecular complexity index is 1390. The zero-order chi connectivity index (χ0) is 28.7. The minimum atomic E-state index is -4.19. The van der Waals surface area contributed by atoms with Crippen LogP contribution in [-0.4, -0.2) is 63.2 Å². The Morgan fingerprint density at radius 2 is 1.51 bits per heavy atom. The van der Waals surface area contributed by atoms with E-state index in [2.05, 4.69) is 5.32 Å². The Morgan fingerprint density at radius 3 is 2.05 bits per heavy atom.